The number of nitrogens with one attached hydrogen (secondary N) is 2. The normalized spacial score (nSPS) is 11.5. The molecule has 0 aliphatic carbocycles. The molecule has 0 fully saturated rings. The Hall–Kier alpha value is -3.85. The highest BCUT2D eigenvalue weighted by Gasteiger charge is 2.21. The van der Waals surface area contributed by atoms with Gasteiger partial charge in [0.25, 0.3) is 5.91 Å². The second-order valence-corrected chi connectivity index (χ2v) is 8.81. The molecule has 37 heavy (non-hydrogen) atoms. The van der Waals surface area contributed by atoms with Gasteiger partial charge in [0.2, 0.25) is 0 Å². The van der Waals surface area contributed by atoms with Crippen LogP contribution in [0, 0.1) is 0 Å². The molecular weight excluding hydrogens is 538 g/mol. The van der Waals surface area contributed by atoms with E-state index in [4.69, 9.17) is 14.2 Å². The van der Waals surface area contributed by atoms with Gasteiger partial charge in [0.15, 0.2) is 11.5 Å². The van der Waals surface area contributed by atoms with Gasteiger partial charge in [0.05, 0.1) is 19.4 Å². The van der Waals surface area contributed by atoms with Crippen LogP contribution in [0.4, 0.5) is 4.79 Å². The Balaban J connectivity index is 1.65. The number of hydrazone groups is 1. The Morgan fingerprint density at radius 3 is 2.38 bits per heavy atom. The highest BCUT2D eigenvalue weighted by atomic mass is 79.9. The zero-order valence-electron chi connectivity index (χ0n) is 20.8. The topological polar surface area (TPSA) is 98.2 Å². The molecule has 0 bridgehead atoms. The van der Waals surface area contributed by atoms with Gasteiger partial charge in [-0.05, 0) is 60.9 Å². The third-order valence-corrected chi connectivity index (χ3v) is 5.66. The van der Waals surface area contributed by atoms with Crippen LogP contribution in [0.5, 0.6) is 11.5 Å². The van der Waals surface area contributed by atoms with Crippen LogP contribution < -0.4 is 20.2 Å². The van der Waals surface area contributed by atoms with Crippen molar-refractivity contribution >= 4 is 34.1 Å². The fourth-order valence-electron chi connectivity index (χ4n) is 3.36. The van der Waals surface area contributed by atoms with Crippen LogP contribution in [0.25, 0.3) is 0 Å². The van der Waals surface area contributed by atoms with Crippen molar-refractivity contribution in [2.24, 2.45) is 5.10 Å². The average Bonchev–Trinajstić information content (AvgIpc) is 2.89. The Morgan fingerprint density at radius 2 is 1.68 bits per heavy atom. The van der Waals surface area contributed by atoms with E-state index < -0.39 is 18.0 Å². The maximum absolute atomic E-state index is 12.8. The van der Waals surface area contributed by atoms with Crippen LogP contribution in [-0.2, 0) is 22.6 Å². The molecule has 0 heterocycles. The summed E-state index contributed by atoms with van der Waals surface area (Å²) in [5.41, 5.74) is 5.13. The first-order valence-electron chi connectivity index (χ1n) is 11.9. The minimum atomic E-state index is -0.855. The summed E-state index contributed by atoms with van der Waals surface area (Å²) in [5, 5.41) is 6.67. The fraction of sp³-hybridized carbons (Fsp3) is 0.250. The van der Waals surface area contributed by atoms with E-state index in [1.807, 2.05) is 67.6 Å². The molecule has 0 unspecified atom stereocenters. The molecule has 0 aliphatic heterocycles. The average molecular weight is 568 g/mol. The molecule has 9 heteroatoms. The van der Waals surface area contributed by atoms with Crippen LogP contribution >= 0.6 is 15.9 Å². The van der Waals surface area contributed by atoms with Crippen molar-refractivity contribution < 1.29 is 23.8 Å². The molecule has 1 atom stereocenters. The molecule has 194 valence electrons. The van der Waals surface area contributed by atoms with Gasteiger partial charge >= 0.3 is 6.09 Å². The van der Waals surface area contributed by atoms with Gasteiger partial charge in [-0.2, -0.15) is 5.10 Å². The molecule has 3 rings (SSSR count). The van der Waals surface area contributed by atoms with E-state index >= 15 is 0 Å². The molecule has 0 radical (unpaired) electrons. The van der Waals surface area contributed by atoms with E-state index in [1.54, 1.807) is 19.1 Å². The number of halogens is 1. The number of alkyl carbamates (subject to hydrolysis) is 1. The first-order chi connectivity index (χ1) is 18.0. The van der Waals surface area contributed by atoms with E-state index in [0.717, 1.165) is 15.6 Å². The smallest absolute Gasteiger partial charge is 0.407 e. The standard InChI is InChI=1S/C28H30BrN3O5/c1-3-35-26-17-22(12-15-25(26)37-19-21-10-13-23(29)14-11-21)18-30-32-27(33)24(31-28(34)36-4-2)16-20-8-6-5-7-9-20/h5-15,17-18,24H,3-4,16,19H2,1-2H3,(H,31,34)(H,32,33)/b30-18-/t24-/m0/s1. The summed E-state index contributed by atoms with van der Waals surface area (Å²) in [7, 11) is 0. The summed E-state index contributed by atoms with van der Waals surface area (Å²) in [4.78, 5) is 24.8. The van der Waals surface area contributed by atoms with E-state index in [9.17, 15) is 9.59 Å². The number of ether oxygens (including phenoxy) is 3. The Labute approximate surface area is 225 Å². The first kappa shape index (κ1) is 27.7. The number of rotatable bonds is 12. The highest BCUT2D eigenvalue weighted by molar-refractivity contribution is 9.10. The molecule has 2 N–H and O–H groups in total. The zero-order chi connectivity index (χ0) is 26.5. The summed E-state index contributed by atoms with van der Waals surface area (Å²) < 4.78 is 17.6. The minimum Gasteiger partial charge on any atom is -0.490 e. The lowest BCUT2D eigenvalue weighted by atomic mass is 10.1. The molecule has 3 aromatic rings. The maximum atomic E-state index is 12.8. The summed E-state index contributed by atoms with van der Waals surface area (Å²) in [6.07, 6.45) is 1.13. The summed E-state index contributed by atoms with van der Waals surface area (Å²) in [6.45, 7) is 4.65. The predicted octanol–water partition coefficient (Wildman–Crippen LogP) is 5.23. The number of hydrogen-bond acceptors (Lipinski definition) is 6. The van der Waals surface area contributed by atoms with Crippen LogP contribution in [-0.4, -0.2) is 37.5 Å². The van der Waals surface area contributed by atoms with Gasteiger partial charge in [0.1, 0.15) is 12.6 Å². The van der Waals surface area contributed by atoms with Crippen molar-refractivity contribution in [3.8, 4) is 11.5 Å². The lowest BCUT2D eigenvalue weighted by Gasteiger charge is -2.17. The Morgan fingerprint density at radius 1 is 0.919 bits per heavy atom. The van der Waals surface area contributed by atoms with Crippen molar-refractivity contribution in [1.82, 2.24) is 10.7 Å². The van der Waals surface area contributed by atoms with Crippen molar-refractivity contribution in [1.29, 1.82) is 0 Å². The van der Waals surface area contributed by atoms with Gasteiger partial charge in [-0.1, -0.05) is 58.4 Å². The second-order valence-electron chi connectivity index (χ2n) is 7.90. The van der Waals surface area contributed by atoms with Crippen molar-refractivity contribution in [3.63, 3.8) is 0 Å². The van der Waals surface area contributed by atoms with Crippen molar-refractivity contribution in [3.05, 3.63) is 94.0 Å². The first-order valence-corrected chi connectivity index (χ1v) is 12.7. The zero-order valence-corrected chi connectivity index (χ0v) is 22.4. The number of carbonyl (C=O) groups is 2. The van der Waals surface area contributed by atoms with E-state index in [-0.39, 0.29) is 6.61 Å². The molecule has 0 aromatic heterocycles. The lowest BCUT2D eigenvalue weighted by Crippen LogP contribution is -2.47. The van der Waals surface area contributed by atoms with Crippen LogP contribution in [0.15, 0.2) is 82.4 Å². The van der Waals surface area contributed by atoms with Crippen molar-refractivity contribution in [2.75, 3.05) is 13.2 Å². The lowest BCUT2D eigenvalue weighted by molar-refractivity contribution is -0.123. The quantitative estimate of drug-likeness (QED) is 0.230. The minimum absolute atomic E-state index is 0.203. The predicted molar refractivity (Wildman–Crippen MR) is 146 cm³/mol. The second kappa shape index (κ2) is 14.6. The van der Waals surface area contributed by atoms with Crippen molar-refractivity contribution in [2.45, 2.75) is 32.9 Å². The van der Waals surface area contributed by atoms with Crippen LogP contribution in [0.2, 0.25) is 0 Å². The SMILES string of the molecule is CCOC(=O)N[C@@H](Cc1ccccc1)C(=O)N/N=C\c1ccc(OCc2ccc(Br)cc2)c(OCC)c1. The number of carbonyl (C=O) groups excluding carboxylic acids is 2. The van der Waals surface area contributed by atoms with Gasteiger partial charge in [-0.3, -0.25) is 4.79 Å². The summed E-state index contributed by atoms with van der Waals surface area (Å²) >= 11 is 3.43. The number of amides is 2. The monoisotopic (exact) mass is 567 g/mol. The summed E-state index contributed by atoms with van der Waals surface area (Å²) in [6, 6.07) is 21.8. The van der Waals surface area contributed by atoms with Gasteiger partial charge in [0, 0.05) is 10.9 Å². The third-order valence-electron chi connectivity index (χ3n) is 5.13. The van der Waals surface area contributed by atoms with E-state index in [1.165, 1.54) is 6.21 Å². The largest absolute Gasteiger partial charge is 0.490 e. The number of nitrogens with zero attached hydrogens (tertiary/aromatic N) is 1. The van der Waals surface area contributed by atoms with Gasteiger partial charge in [-0.15, -0.1) is 0 Å². The molecule has 8 nitrogen and oxygen atoms in total. The van der Waals surface area contributed by atoms with E-state index in [0.29, 0.717) is 36.7 Å². The van der Waals surface area contributed by atoms with Crippen LogP contribution in [0.3, 0.4) is 0 Å². The molecule has 0 aliphatic rings. The molecule has 3 aromatic carbocycles. The molecule has 0 spiro atoms. The molecule has 2 amide bonds. The summed E-state index contributed by atoms with van der Waals surface area (Å²) in [5.74, 6) is 0.709. The Kier molecular flexibility index (Phi) is 11.0. The van der Waals surface area contributed by atoms with Gasteiger partial charge < -0.3 is 19.5 Å². The van der Waals surface area contributed by atoms with Gasteiger partial charge in [-0.25, -0.2) is 10.2 Å². The fourth-order valence-corrected chi connectivity index (χ4v) is 3.62. The maximum Gasteiger partial charge on any atom is 0.407 e. The van der Waals surface area contributed by atoms with Crippen LogP contribution in [0.1, 0.15) is 30.5 Å². The third kappa shape index (κ3) is 9.27. The molecular formula is C28H30BrN3O5. The molecule has 0 saturated carbocycles. The molecule has 0 saturated heterocycles. The van der Waals surface area contributed by atoms with E-state index in [2.05, 4.69) is 31.8 Å². The Bertz CT molecular complexity index is 1190. The highest BCUT2D eigenvalue weighted by Crippen LogP contribution is 2.29. The number of hydrogen-bond donors (Lipinski definition) is 2. The number of benzene rings is 3.